The van der Waals surface area contributed by atoms with Gasteiger partial charge in [0.05, 0.1) is 0 Å². The molecule has 2 nitrogen and oxygen atoms in total. The summed E-state index contributed by atoms with van der Waals surface area (Å²) in [6.45, 7) is 0. The van der Waals surface area contributed by atoms with E-state index < -0.39 is 0 Å². The molecule has 0 aliphatic rings. The summed E-state index contributed by atoms with van der Waals surface area (Å²) in [7, 11) is 0. The maximum Gasteiger partial charge on any atom is 0.136 e. The largest absolute Gasteiger partial charge is 0.456 e. The molecule has 0 aliphatic heterocycles. The number of para-hydroxylation sites is 1. The highest BCUT2D eigenvalue weighted by molar-refractivity contribution is 6.14. The molecule has 0 radical (unpaired) electrons. The highest BCUT2D eigenvalue weighted by Crippen LogP contribution is 2.43. The number of rotatable bonds is 7. The van der Waals surface area contributed by atoms with Crippen molar-refractivity contribution >= 4 is 60.5 Å². The highest BCUT2D eigenvalue weighted by Gasteiger charge is 2.18. The Morgan fingerprint density at radius 2 is 0.707 bits per heavy atom. The molecule has 0 spiro atoms. The van der Waals surface area contributed by atoms with Crippen molar-refractivity contribution in [3.05, 3.63) is 224 Å². The third-order valence-electron chi connectivity index (χ3n) is 11.5. The zero-order chi connectivity index (χ0) is 38.4. The molecule has 0 fully saturated rings. The maximum atomic E-state index is 6.40. The van der Waals surface area contributed by atoms with Crippen LogP contribution >= 0.6 is 0 Å². The number of hydrogen-bond acceptors (Lipinski definition) is 2. The van der Waals surface area contributed by atoms with Crippen LogP contribution in [0.2, 0.25) is 0 Å². The third-order valence-corrected chi connectivity index (χ3v) is 11.5. The first-order valence-corrected chi connectivity index (χ1v) is 19.8. The van der Waals surface area contributed by atoms with E-state index in [1.165, 1.54) is 54.9 Å². The molecule has 1 aromatic heterocycles. The van der Waals surface area contributed by atoms with Crippen molar-refractivity contribution < 1.29 is 4.42 Å². The van der Waals surface area contributed by atoms with Crippen LogP contribution in [0, 0.1) is 0 Å². The van der Waals surface area contributed by atoms with Gasteiger partial charge in [0.1, 0.15) is 11.2 Å². The van der Waals surface area contributed by atoms with Crippen LogP contribution < -0.4 is 4.90 Å². The Labute approximate surface area is 337 Å². The van der Waals surface area contributed by atoms with Crippen molar-refractivity contribution in [1.82, 2.24) is 0 Å². The number of benzene rings is 10. The van der Waals surface area contributed by atoms with Gasteiger partial charge in [-0.1, -0.05) is 164 Å². The second-order valence-electron chi connectivity index (χ2n) is 14.9. The quantitative estimate of drug-likeness (QED) is 0.151. The van der Waals surface area contributed by atoms with E-state index in [2.05, 4.69) is 217 Å². The van der Waals surface area contributed by atoms with Gasteiger partial charge in [0, 0.05) is 27.8 Å². The van der Waals surface area contributed by atoms with Crippen molar-refractivity contribution in [3.63, 3.8) is 0 Å². The summed E-state index contributed by atoms with van der Waals surface area (Å²) >= 11 is 0. The molecule has 0 N–H and O–H groups in total. The lowest BCUT2D eigenvalue weighted by atomic mass is 9.92. The minimum Gasteiger partial charge on any atom is -0.456 e. The molecule has 0 amide bonds. The molecule has 0 bridgehead atoms. The molecular formula is C56H37NO. The van der Waals surface area contributed by atoms with Gasteiger partial charge < -0.3 is 9.32 Å². The summed E-state index contributed by atoms with van der Waals surface area (Å²) in [5.41, 5.74) is 14.5. The van der Waals surface area contributed by atoms with Gasteiger partial charge in [-0.3, -0.25) is 0 Å². The number of furan rings is 1. The lowest BCUT2D eigenvalue weighted by Gasteiger charge is -2.26. The first-order chi connectivity index (χ1) is 28.7. The van der Waals surface area contributed by atoms with Gasteiger partial charge in [-0.25, -0.2) is 0 Å². The summed E-state index contributed by atoms with van der Waals surface area (Å²) in [5, 5.41) is 7.31. The highest BCUT2D eigenvalue weighted by atomic mass is 16.3. The van der Waals surface area contributed by atoms with Crippen LogP contribution in [0.5, 0.6) is 0 Å². The minimum atomic E-state index is 0.888. The van der Waals surface area contributed by atoms with Crippen LogP contribution in [-0.4, -0.2) is 0 Å². The number of fused-ring (bicyclic) bond motifs is 6. The average molecular weight is 740 g/mol. The van der Waals surface area contributed by atoms with Crippen molar-refractivity contribution in [3.8, 4) is 44.5 Å². The third kappa shape index (κ3) is 5.91. The molecule has 11 aromatic rings. The molecule has 58 heavy (non-hydrogen) atoms. The van der Waals surface area contributed by atoms with Crippen LogP contribution in [0.4, 0.5) is 17.1 Å². The summed E-state index contributed by atoms with van der Waals surface area (Å²) < 4.78 is 6.40. The van der Waals surface area contributed by atoms with Crippen LogP contribution in [-0.2, 0) is 0 Å². The molecular weight excluding hydrogens is 703 g/mol. The summed E-state index contributed by atoms with van der Waals surface area (Å²) in [6, 6.07) is 80.6. The molecule has 272 valence electrons. The predicted molar refractivity (Wildman–Crippen MR) is 245 cm³/mol. The number of nitrogens with zero attached hydrogens (tertiary/aromatic N) is 1. The van der Waals surface area contributed by atoms with E-state index in [1.54, 1.807) is 0 Å². The van der Waals surface area contributed by atoms with Gasteiger partial charge in [0.15, 0.2) is 0 Å². The smallest absolute Gasteiger partial charge is 0.136 e. The lowest BCUT2D eigenvalue weighted by molar-refractivity contribution is 0.669. The summed E-state index contributed by atoms with van der Waals surface area (Å²) in [5.74, 6) is 0. The lowest BCUT2D eigenvalue weighted by Crippen LogP contribution is -2.09. The predicted octanol–water partition coefficient (Wildman–Crippen LogP) is 16.0. The molecule has 1 heterocycles. The Kier molecular flexibility index (Phi) is 8.19. The van der Waals surface area contributed by atoms with Gasteiger partial charge >= 0.3 is 0 Å². The van der Waals surface area contributed by atoms with Gasteiger partial charge in [0.25, 0.3) is 0 Å². The second-order valence-corrected chi connectivity index (χ2v) is 14.9. The van der Waals surface area contributed by atoms with Gasteiger partial charge in [-0.15, -0.1) is 0 Å². The van der Waals surface area contributed by atoms with E-state index in [4.69, 9.17) is 4.42 Å². The standard InChI is InChI=1S/C56H37NO/c1-3-13-38(14-4-1)39-23-29-44(30-24-39)57(45-31-25-41(26-32-45)51-35-43-17-7-8-18-47(43)48-19-9-10-20-49(48)51)46-33-27-42(28-34-46)53-37-56-54(50-21-11-12-22-55(50)58-56)36-52(53)40-15-5-2-6-16-40/h1-37H. The normalized spacial score (nSPS) is 11.4. The van der Waals surface area contributed by atoms with Crippen LogP contribution in [0.3, 0.4) is 0 Å². The summed E-state index contributed by atoms with van der Waals surface area (Å²) in [4.78, 5) is 2.35. The molecule has 0 saturated heterocycles. The number of anilines is 3. The zero-order valence-corrected chi connectivity index (χ0v) is 31.7. The Morgan fingerprint density at radius 1 is 0.259 bits per heavy atom. The Hall–Kier alpha value is -7.68. The fourth-order valence-electron chi connectivity index (χ4n) is 8.62. The van der Waals surface area contributed by atoms with Crippen molar-refractivity contribution in [1.29, 1.82) is 0 Å². The molecule has 0 unspecified atom stereocenters. The van der Waals surface area contributed by atoms with E-state index in [0.29, 0.717) is 0 Å². The van der Waals surface area contributed by atoms with Crippen LogP contribution in [0.25, 0.3) is 88.0 Å². The zero-order valence-electron chi connectivity index (χ0n) is 31.7. The molecule has 10 aromatic carbocycles. The minimum absolute atomic E-state index is 0.888. The fourth-order valence-corrected chi connectivity index (χ4v) is 8.62. The Morgan fingerprint density at radius 3 is 1.36 bits per heavy atom. The second kappa shape index (κ2) is 14.1. The Bertz CT molecular complexity index is 3240. The molecule has 0 atom stereocenters. The van der Waals surface area contributed by atoms with Gasteiger partial charge in [-0.2, -0.15) is 0 Å². The maximum absolute atomic E-state index is 6.40. The van der Waals surface area contributed by atoms with E-state index in [1.807, 2.05) is 12.1 Å². The fraction of sp³-hybridized carbons (Fsp3) is 0. The van der Waals surface area contributed by atoms with Gasteiger partial charge in [0.2, 0.25) is 0 Å². The first-order valence-electron chi connectivity index (χ1n) is 19.8. The van der Waals surface area contributed by atoms with Crippen molar-refractivity contribution in [2.75, 3.05) is 4.90 Å². The Balaban J connectivity index is 1.02. The topological polar surface area (TPSA) is 16.4 Å². The first kappa shape index (κ1) is 33.6. The molecule has 0 saturated carbocycles. The van der Waals surface area contributed by atoms with Gasteiger partial charge in [-0.05, 0) is 127 Å². The van der Waals surface area contributed by atoms with E-state index in [0.717, 1.165) is 50.1 Å². The SMILES string of the molecule is c1ccc(-c2ccc(N(c3ccc(-c4cc5oc6ccccc6c5cc4-c4ccccc4)cc3)c3ccc(-c4cc5ccccc5c5ccccc45)cc3)cc2)cc1. The van der Waals surface area contributed by atoms with E-state index in [-0.39, 0.29) is 0 Å². The van der Waals surface area contributed by atoms with Crippen molar-refractivity contribution in [2.24, 2.45) is 0 Å². The average Bonchev–Trinajstić information content (AvgIpc) is 3.67. The van der Waals surface area contributed by atoms with Crippen molar-refractivity contribution in [2.45, 2.75) is 0 Å². The van der Waals surface area contributed by atoms with Crippen LogP contribution in [0.15, 0.2) is 229 Å². The van der Waals surface area contributed by atoms with E-state index in [9.17, 15) is 0 Å². The monoisotopic (exact) mass is 739 g/mol. The van der Waals surface area contributed by atoms with Crippen LogP contribution in [0.1, 0.15) is 0 Å². The van der Waals surface area contributed by atoms with E-state index >= 15 is 0 Å². The molecule has 0 aliphatic carbocycles. The summed E-state index contributed by atoms with van der Waals surface area (Å²) in [6.07, 6.45) is 0. The number of hydrogen-bond donors (Lipinski definition) is 0. The molecule has 11 rings (SSSR count). The molecule has 2 heteroatoms.